The van der Waals surface area contributed by atoms with Crippen LogP contribution in [0.2, 0.25) is 0 Å². The van der Waals surface area contributed by atoms with Crippen LogP contribution < -0.4 is 14.2 Å². The number of benzene rings is 2. The third-order valence-electron chi connectivity index (χ3n) is 3.88. The smallest absolute Gasteiger partial charge is 0.211 e. The number of aromatic hydroxyl groups is 2. The van der Waals surface area contributed by atoms with Crippen molar-refractivity contribution >= 4 is 5.78 Å². The summed E-state index contributed by atoms with van der Waals surface area (Å²) in [6, 6.07) is 7.14. The van der Waals surface area contributed by atoms with Crippen LogP contribution in [-0.4, -0.2) is 35.3 Å². The maximum Gasteiger partial charge on any atom is 0.211 e. The molecule has 3 rings (SSSR count). The number of ketones is 1. The lowest BCUT2D eigenvalue weighted by molar-refractivity contribution is -0.137. The summed E-state index contributed by atoms with van der Waals surface area (Å²) in [5.74, 6) is -0.375. The van der Waals surface area contributed by atoms with Gasteiger partial charge in [-0.1, -0.05) is 6.07 Å². The van der Waals surface area contributed by atoms with Crippen molar-refractivity contribution in [2.24, 2.45) is 0 Å². The van der Waals surface area contributed by atoms with Crippen LogP contribution in [0, 0.1) is 0 Å². The van der Waals surface area contributed by atoms with Gasteiger partial charge >= 0.3 is 0 Å². The molecule has 2 aromatic rings. The summed E-state index contributed by atoms with van der Waals surface area (Å²) in [5.41, 5.74) is 0.347. The molecule has 1 aliphatic rings. The number of aliphatic hydroxyl groups is 1. The average molecular weight is 332 g/mol. The molecule has 126 valence electrons. The van der Waals surface area contributed by atoms with Crippen LogP contribution >= 0.6 is 0 Å². The molecule has 7 heteroatoms. The van der Waals surface area contributed by atoms with E-state index in [0.29, 0.717) is 11.3 Å². The number of ether oxygens (including phenoxy) is 3. The van der Waals surface area contributed by atoms with Crippen molar-refractivity contribution in [3.63, 3.8) is 0 Å². The van der Waals surface area contributed by atoms with E-state index in [4.69, 9.17) is 14.2 Å². The highest BCUT2D eigenvalue weighted by Crippen LogP contribution is 2.45. The van der Waals surface area contributed by atoms with E-state index in [9.17, 15) is 20.1 Å². The Morgan fingerprint density at radius 2 is 1.79 bits per heavy atom. The Balaban J connectivity index is 2.05. The van der Waals surface area contributed by atoms with Crippen LogP contribution in [-0.2, 0) is 4.79 Å². The molecule has 1 heterocycles. The van der Waals surface area contributed by atoms with E-state index in [1.54, 1.807) is 6.07 Å². The van der Waals surface area contributed by atoms with Crippen molar-refractivity contribution in [1.82, 2.24) is 0 Å². The Bertz CT molecular complexity index is 800. The van der Waals surface area contributed by atoms with Crippen molar-refractivity contribution in [1.29, 1.82) is 0 Å². The number of aliphatic hydroxyl groups excluding tert-OH is 1. The van der Waals surface area contributed by atoms with Gasteiger partial charge in [-0.3, -0.25) is 4.79 Å². The Kier molecular flexibility index (Phi) is 3.94. The van der Waals surface area contributed by atoms with Gasteiger partial charge in [0.05, 0.1) is 19.8 Å². The zero-order valence-corrected chi connectivity index (χ0v) is 13.0. The first kappa shape index (κ1) is 15.9. The van der Waals surface area contributed by atoms with Crippen molar-refractivity contribution in [3.8, 4) is 28.7 Å². The standard InChI is InChI=1S/C17H16O7/c1-22-9-6-11(19)14-13(7-9)24-17(16(21)15(14)20)8-3-4-12(23-2)10(18)5-8/h3-7,15,17-20H,1-2H3/t15?,17-/m1/s1. The molecular weight excluding hydrogens is 316 g/mol. The van der Waals surface area contributed by atoms with Gasteiger partial charge in [0.15, 0.2) is 17.6 Å². The zero-order chi connectivity index (χ0) is 17.4. The highest BCUT2D eigenvalue weighted by atomic mass is 16.5. The van der Waals surface area contributed by atoms with Crippen LogP contribution in [0.4, 0.5) is 0 Å². The highest BCUT2D eigenvalue weighted by Gasteiger charge is 2.39. The van der Waals surface area contributed by atoms with Gasteiger partial charge in [0, 0.05) is 17.7 Å². The zero-order valence-electron chi connectivity index (χ0n) is 13.0. The number of Topliss-reactive ketones (excluding diaryl/α,β-unsaturated/α-hetero) is 1. The molecule has 3 N–H and O–H groups in total. The molecule has 0 aliphatic carbocycles. The van der Waals surface area contributed by atoms with Crippen molar-refractivity contribution in [3.05, 3.63) is 41.5 Å². The maximum absolute atomic E-state index is 12.4. The summed E-state index contributed by atoms with van der Waals surface area (Å²) in [6.45, 7) is 0. The molecule has 1 unspecified atom stereocenters. The van der Waals surface area contributed by atoms with Gasteiger partial charge in [0.1, 0.15) is 23.4 Å². The highest BCUT2D eigenvalue weighted by molar-refractivity contribution is 5.92. The number of hydrogen-bond acceptors (Lipinski definition) is 7. The van der Waals surface area contributed by atoms with Crippen LogP contribution in [0.25, 0.3) is 0 Å². The topological polar surface area (TPSA) is 105 Å². The summed E-state index contributed by atoms with van der Waals surface area (Å²) >= 11 is 0. The fourth-order valence-electron chi connectivity index (χ4n) is 2.65. The molecule has 24 heavy (non-hydrogen) atoms. The molecule has 0 saturated heterocycles. The predicted octanol–water partition coefficient (Wildman–Crippen LogP) is 1.85. The first-order valence-corrected chi connectivity index (χ1v) is 7.12. The largest absolute Gasteiger partial charge is 0.507 e. The minimum atomic E-state index is -1.55. The van der Waals surface area contributed by atoms with Gasteiger partial charge in [0.2, 0.25) is 5.78 Å². The first-order chi connectivity index (χ1) is 11.5. The molecular formula is C17H16O7. The van der Waals surface area contributed by atoms with Gasteiger partial charge in [-0.25, -0.2) is 0 Å². The monoisotopic (exact) mass is 332 g/mol. The van der Waals surface area contributed by atoms with Crippen molar-refractivity contribution < 1.29 is 34.3 Å². The van der Waals surface area contributed by atoms with E-state index in [0.717, 1.165) is 0 Å². The minimum Gasteiger partial charge on any atom is -0.507 e. The van der Waals surface area contributed by atoms with E-state index in [2.05, 4.69) is 0 Å². The van der Waals surface area contributed by atoms with Crippen LogP contribution in [0.3, 0.4) is 0 Å². The third-order valence-corrected chi connectivity index (χ3v) is 3.88. The first-order valence-electron chi connectivity index (χ1n) is 7.12. The van der Waals surface area contributed by atoms with E-state index >= 15 is 0 Å². The molecule has 0 aromatic heterocycles. The molecule has 2 atom stereocenters. The summed E-state index contributed by atoms with van der Waals surface area (Å²) in [5, 5.41) is 30.1. The second kappa shape index (κ2) is 5.93. The second-order valence-electron chi connectivity index (χ2n) is 5.29. The van der Waals surface area contributed by atoms with Crippen molar-refractivity contribution in [2.45, 2.75) is 12.2 Å². The molecule has 0 bridgehead atoms. The van der Waals surface area contributed by atoms with Gasteiger partial charge in [-0.2, -0.15) is 0 Å². The van der Waals surface area contributed by atoms with E-state index < -0.39 is 18.0 Å². The van der Waals surface area contributed by atoms with E-state index in [1.807, 2.05) is 0 Å². The molecule has 0 saturated carbocycles. The van der Waals surface area contributed by atoms with Gasteiger partial charge < -0.3 is 29.5 Å². The number of fused-ring (bicyclic) bond motifs is 1. The fraction of sp³-hybridized carbons (Fsp3) is 0.235. The number of phenolic OH excluding ortho intramolecular Hbond substituents is 2. The lowest BCUT2D eigenvalue weighted by Gasteiger charge is -2.29. The van der Waals surface area contributed by atoms with Crippen LogP contribution in [0.5, 0.6) is 28.7 Å². The molecule has 0 amide bonds. The Labute approximate surface area is 137 Å². The molecule has 0 fully saturated rings. The number of rotatable bonds is 3. The minimum absolute atomic E-state index is 0.00483. The number of carbonyl (C=O) groups excluding carboxylic acids is 1. The molecule has 0 spiro atoms. The predicted molar refractivity (Wildman–Crippen MR) is 82.7 cm³/mol. The van der Waals surface area contributed by atoms with Gasteiger partial charge in [0.25, 0.3) is 0 Å². The molecule has 2 aromatic carbocycles. The number of carbonyl (C=O) groups is 1. The number of methoxy groups -OCH3 is 2. The summed E-state index contributed by atoms with van der Waals surface area (Å²) in [7, 11) is 2.83. The molecule has 7 nitrogen and oxygen atoms in total. The lowest BCUT2D eigenvalue weighted by atomic mass is 9.92. The number of hydrogen-bond donors (Lipinski definition) is 3. The maximum atomic E-state index is 12.4. The van der Waals surface area contributed by atoms with Crippen molar-refractivity contribution in [2.75, 3.05) is 14.2 Å². The fourth-order valence-corrected chi connectivity index (χ4v) is 2.65. The van der Waals surface area contributed by atoms with E-state index in [-0.39, 0.29) is 28.6 Å². The summed E-state index contributed by atoms with van der Waals surface area (Å²) < 4.78 is 15.7. The summed E-state index contributed by atoms with van der Waals surface area (Å²) in [4.78, 5) is 12.4. The molecule has 1 aliphatic heterocycles. The number of phenols is 2. The average Bonchev–Trinajstić information content (AvgIpc) is 2.57. The SMILES string of the molecule is COc1cc(O)c2c(c1)O[C@H](c1ccc(OC)c(O)c1)C(=O)C2O. The Hall–Kier alpha value is -2.93. The normalized spacial score (nSPS) is 19.4. The van der Waals surface area contributed by atoms with Crippen LogP contribution in [0.15, 0.2) is 30.3 Å². The Morgan fingerprint density at radius 3 is 2.42 bits per heavy atom. The lowest BCUT2D eigenvalue weighted by Crippen LogP contribution is -2.30. The van der Waals surface area contributed by atoms with E-state index in [1.165, 1.54) is 38.5 Å². The van der Waals surface area contributed by atoms with Crippen LogP contribution in [0.1, 0.15) is 23.3 Å². The quantitative estimate of drug-likeness (QED) is 0.787. The van der Waals surface area contributed by atoms with Gasteiger partial charge in [-0.05, 0) is 12.1 Å². The Morgan fingerprint density at radius 1 is 1.04 bits per heavy atom. The summed E-state index contributed by atoms with van der Waals surface area (Å²) in [6.07, 6.45) is -2.68. The second-order valence-corrected chi connectivity index (χ2v) is 5.29. The molecule has 0 radical (unpaired) electrons. The third kappa shape index (κ3) is 2.48. The van der Waals surface area contributed by atoms with Gasteiger partial charge in [-0.15, -0.1) is 0 Å².